The first-order valence-electron chi connectivity index (χ1n) is 7.33. The first-order valence-corrected chi connectivity index (χ1v) is 8.38. The van der Waals surface area contributed by atoms with Crippen LogP contribution < -0.4 is 5.73 Å². The molecule has 0 aliphatic carbocycles. The fourth-order valence-electron chi connectivity index (χ4n) is 2.60. The van der Waals surface area contributed by atoms with Crippen molar-refractivity contribution in [2.75, 3.05) is 12.3 Å². The van der Waals surface area contributed by atoms with Gasteiger partial charge in [0.05, 0.1) is 5.25 Å². The number of nitrogens with zero attached hydrogens (tertiary/aromatic N) is 2. The molecule has 4 nitrogen and oxygen atoms in total. The maximum absolute atomic E-state index is 5.82. The lowest BCUT2D eigenvalue weighted by atomic mass is 9.94. The van der Waals surface area contributed by atoms with E-state index in [1.165, 1.54) is 25.0 Å². The van der Waals surface area contributed by atoms with Gasteiger partial charge in [-0.1, -0.05) is 25.4 Å². The third-order valence-electron chi connectivity index (χ3n) is 3.55. The van der Waals surface area contributed by atoms with Crippen LogP contribution in [0.3, 0.4) is 0 Å². The van der Waals surface area contributed by atoms with Crippen LogP contribution in [0.25, 0.3) is 0 Å². The van der Waals surface area contributed by atoms with Crippen molar-refractivity contribution in [1.82, 2.24) is 10.1 Å². The van der Waals surface area contributed by atoms with Crippen molar-refractivity contribution in [2.24, 2.45) is 17.6 Å². The second-order valence-corrected chi connectivity index (χ2v) is 7.15. The summed E-state index contributed by atoms with van der Waals surface area (Å²) < 4.78 is 5.40. The molecular formula is C14H25N3OS. The first-order chi connectivity index (χ1) is 9.19. The molecular weight excluding hydrogens is 258 g/mol. The molecule has 0 radical (unpaired) electrons. The Morgan fingerprint density at radius 1 is 1.42 bits per heavy atom. The van der Waals surface area contributed by atoms with Crippen LogP contribution in [0.4, 0.5) is 0 Å². The van der Waals surface area contributed by atoms with E-state index >= 15 is 0 Å². The summed E-state index contributed by atoms with van der Waals surface area (Å²) in [7, 11) is 0. The van der Waals surface area contributed by atoms with E-state index in [0.717, 1.165) is 24.6 Å². The van der Waals surface area contributed by atoms with Gasteiger partial charge in [0.25, 0.3) is 0 Å². The van der Waals surface area contributed by atoms with Crippen LogP contribution in [0.1, 0.15) is 56.5 Å². The number of aromatic nitrogens is 2. The van der Waals surface area contributed by atoms with Gasteiger partial charge in [-0.3, -0.25) is 0 Å². The fraction of sp³-hybridized carbons (Fsp3) is 0.857. The minimum Gasteiger partial charge on any atom is -0.339 e. The van der Waals surface area contributed by atoms with E-state index in [-0.39, 0.29) is 0 Å². The summed E-state index contributed by atoms with van der Waals surface area (Å²) in [5.74, 6) is 3.97. The predicted molar refractivity (Wildman–Crippen MR) is 79.1 cm³/mol. The molecule has 19 heavy (non-hydrogen) atoms. The molecule has 1 aliphatic rings. The van der Waals surface area contributed by atoms with Gasteiger partial charge in [-0.2, -0.15) is 16.7 Å². The summed E-state index contributed by atoms with van der Waals surface area (Å²) in [6.45, 7) is 5.13. The lowest BCUT2D eigenvalue weighted by Gasteiger charge is -2.17. The minimum absolute atomic E-state index is 0.438. The summed E-state index contributed by atoms with van der Waals surface area (Å²) in [5.41, 5.74) is 5.82. The van der Waals surface area contributed by atoms with Gasteiger partial charge in [0.1, 0.15) is 0 Å². The van der Waals surface area contributed by atoms with E-state index < -0.39 is 0 Å². The highest BCUT2D eigenvalue weighted by atomic mass is 32.2. The summed E-state index contributed by atoms with van der Waals surface area (Å²) in [5, 5.41) is 4.60. The third-order valence-corrected chi connectivity index (χ3v) is 4.93. The highest BCUT2D eigenvalue weighted by molar-refractivity contribution is 7.99. The Balaban J connectivity index is 1.92. The van der Waals surface area contributed by atoms with Gasteiger partial charge in [0.2, 0.25) is 5.89 Å². The van der Waals surface area contributed by atoms with Crippen molar-refractivity contribution in [1.29, 1.82) is 0 Å². The molecule has 0 spiro atoms. The van der Waals surface area contributed by atoms with Crippen molar-refractivity contribution in [3.63, 3.8) is 0 Å². The Bertz CT molecular complexity index is 375. The molecule has 2 atom stereocenters. The molecule has 1 fully saturated rings. The van der Waals surface area contributed by atoms with Crippen LogP contribution in [0.15, 0.2) is 4.52 Å². The van der Waals surface area contributed by atoms with Crippen molar-refractivity contribution in [2.45, 2.75) is 51.2 Å². The van der Waals surface area contributed by atoms with Crippen molar-refractivity contribution >= 4 is 11.8 Å². The summed E-state index contributed by atoms with van der Waals surface area (Å²) in [6, 6.07) is 0. The predicted octanol–water partition coefficient (Wildman–Crippen LogP) is 3.19. The number of hydrogen-bond acceptors (Lipinski definition) is 5. The molecule has 0 amide bonds. The maximum atomic E-state index is 5.82. The standard InChI is InChI=1S/C14H25N3OS/c1-10(2)7-11(9-15)8-13-16-14(17-18-13)12-5-3-4-6-19-12/h10-12H,3-9,15H2,1-2H3/t11-,12?/m0/s1. The van der Waals surface area contributed by atoms with Crippen molar-refractivity contribution in [3.8, 4) is 0 Å². The normalized spacial score (nSPS) is 21.8. The molecule has 2 heterocycles. The maximum Gasteiger partial charge on any atom is 0.227 e. The summed E-state index contributed by atoms with van der Waals surface area (Å²) in [6.07, 6.45) is 5.71. The van der Waals surface area contributed by atoms with Crippen LogP contribution >= 0.6 is 11.8 Å². The van der Waals surface area contributed by atoms with Crippen molar-refractivity contribution in [3.05, 3.63) is 11.7 Å². The third kappa shape index (κ3) is 4.49. The second kappa shape index (κ2) is 7.29. The Kier molecular flexibility index (Phi) is 5.70. The molecule has 5 heteroatoms. The molecule has 1 aromatic heterocycles. The number of thioether (sulfide) groups is 1. The Hall–Kier alpha value is -0.550. The van der Waals surface area contributed by atoms with Gasteiger partial charge in [-0.05, 0) is 43.4 Å². The van der Waals surface area contributed by atoms with Crippen LogP contribution in [0.2, 0.25) is 0 Å². The number of nitrogens with two attached hydrogens (primary N) is 1. The molecule has 108 valence electrons. The van der Waals surface area contributed by atoms with E-state index in [1.807, 2.05) is 11.8 Å². The lowest BCUT2D eigenvalue weighted by molar-refractivity contribution is 0.329. The molecule has 0 aromatic carbocycles. The lowest BCUT2D eigenvalue weighted by Crippen LogP contribution is -2.19. The van der Waals surface area contributed by atoms with Gasteiger partial charge in [-0.15, -0.1) is 0 Å². The summed E-state index contributed by atoms with van der Waals surface area (Å²) in [4.78, 5) is 4.57. The first kappa shape index (κ1) is 14.9. The van der Waals surface area contributed by atoms with Crippen molar-refractivity contribution < 1.29 is 4.52 Å². The molecule has 2 N–H and O–H groups in total. The zero-order valence-corrected chi connectivity index (χ0v) is 12.8. The monoisotopic (exact) mass is 283 g/mol. The van der Waals surface area contributed by atoms with Gasteiger partial charge in [0, 0.05) is 6.42 Å². The van der Waals surface area contributed by atoms with E-state index in [2.05, 4.69) is 24.0 Å². The van der Waals surface area contributed by atoms with Crippen LogP contribution in [0.5, 0.6) is 0 Å². The topological polar surface area (TPSA) is 64.9 Å². The fourth-order valence-corrected chi connectivity index (χ4v) is 3.84. The van der Waals surface area contributed by atoms with Gasteiger partial charge >= 0.3 is 0 Å². The minimum atomic E-state index is 0.438. The molecule has 1 aliphatic heterocycles. The number of hydrogen-bond donors (Lipinski definition) is 1. The molecule has 1 aromatic rings. The molecule has 2 rings (SSSR count). The van der Waals surface area contributed by atoms with E-state index in [4.69, 9.17) is 10.3 Å². The highest BCUT2D eigenvalue weighted by Crippen LogP contribution is 2.36. The molecule has 1 unspecified atom stereocenters. The second-order valence-electron chi connectivity index (χ2n) is 5.84. The van der Waals surface area contributed by atoms with E-state index in [0.29, 0.717) is 23.6 Å². The average molecular weight is 283 g/mol. The Labute approximate surface area is 119 Å². The zero-order chi connectivity index (χ0) is 13.7. The molecule has 0 saturated carbocycles. The van der Waals surface area contributed by atoms with E-state index in [1.54, 1.807) is 0 Å². The van der Waals surface area contributed by atoms with Gasteiger partial charge < -0.3 is 10.3 Å². The average Bonchev–Trinajstić information content (AvgIpc) is 2.87. The van der Waals surface area contributed by atoms with Crippen LogP contribution in [0, 0.1) is 11.8 Å². The number of rotatable bonds is 6. The highest BCUT2D eigenvalue weighted by Gasteiger charge is 2.22. The van der Waals surface area contributed by atoms with E-state index in [9.17, 15) is 0 Å². The smallest absolute Gasteiger partial charge is 0.227 e. The quantitative estimate of drug-likeness (QED) is 0.868. The Morgan fingerprint density at radius 2 is 2.26 bits per heavy atom. The Morgan fingerprint density at radius 3 is 2.89 bits per heavy atom. The van der Waals surface area contributed by atoms with Gasteiger partial charge in [-0.25, -0.2) is 0 Å². The van der Waals surface area contributed by atoms with Crippen LogP contribution in [-0.2, 0) is 6.42 Å². The summed E-state index contributed by atoms with van der Waals surface area (Å²) >= 11 is 1.96. The molecule has 1 saturated heterocycles. The van der Waals surface area contributed by atoms with Crippen LogP contribution in [-0.4, -0.2) is 22.4 Å². The molecule has 0 bridgehead atoms. The largest absolute Gasteiger partial charge is 0.339 e. The SMILES string of the molecule is CC(C)C[C@H](CN)Cc1nc(C2CCCCS2)no1. The zero-order valence-electron chi connectivity index (χ0n) is 12.0. The van der Waals surface area contributed by atoms with Gasteiger partial charge in [0.15, 0.2) is 5.82 Å².